The summed E-state index contributed by atoms with van der Waals surface area (Å²) >= 11 is 5.85. The van der Waals surface area contributed by atoms with Gasteiger partial charge in [-0.05, 0) is 35.4 Å². The quantitative estimate of drug-likeness (QED) is 0.504. The van der Waals surface area contributed by atoms with E-state index in [0.29, 0.717) is 24.9 Å². The Hall–Kier alpha value is -1.79. The largest absolute Gasteiger partial charge is 0.493 e. The fourth-order valence-corrected chi connectivity index (χ4v) is 3.80. The van der Waals surface area contributed by atoms with Gasteiger partial charge in [-0.3, -0.25) is 4.90 Å². The zero-order chi connectivity index (χ0) is 23.0. The molecule has 5 nitrogen and oxygen atoms in total. The topological polar surface area (TPSA) is 51.2 Å². The zero-order valence-electron chi connectivity index (χ0n) is 19.4. The van der Waals surface area contributed by atoms with Crippen molar-refractivity contribution < 1.29 is 19.3 Å². The van der Waals surface area contributed by atoms with Crippen molar-refractivity contribution in [3.05, 3.63) is 59.7 Å². The van der Waals surface area contributed by atoms with E-state index in [1.54, 1.807) is 0 Å². The van der Waals surface area contributed by atoms with Crippen LogP contribution < -0.4 is 9.47 Å². The Morgan fingerprint density at radius 2 is 1.44 bits per heavy atom. The molecule has 0 saturated carbocycles. The van der Waals surface area contributed by atoms with Gasteiger partial charge < -0.3 is 19.3 Å². The smallest absolute Gasteiger partial charge is 0.119 e. The monoisotopic (exact) mass is 461 g/mol. The third-order valence-electron chi connectivity index (χ3n) is 5.96. The summed E-state index contributed by atoms with van der Waals surface area (Å²) in [7, 11) is 0. The van der Waals surface area contributed by atoms with E-state index >= 15 is 0 Å². The lowest BCUT2D eigenvalue weighted by molar-refractivity contribution is 0.00465. The molecule has 1 aliphatic heterocycles. The SMILES string of the molecule is C[C@H](CCl)COc1ccc(C(C)(C)c2ccc(OC[C@@H](O)CN3CCOCC3)cc2)cc1. The van der Waals surface area contributed by atoms with E-state index in [1.807, 2.05) is 24.3 Å². The number of hydrogen-bond donors (Lipinski definition) is 1. The minimum atomic E-state index is -0.516. The van der Waals surface area contributed by atoms with Crippen LogP contribution in [-0.4, -0.2) is 68.1 Å². The molecule has 176 valence electrons. The Labute approximate surface area is 197 Å². The summed E-state index contributed by atoms with van der Waals surface area (Å²) in [5, 5.41) is 10.3. The van der Waals surface area contributed by atoms with Crippen molar-refractivity contribution in [2.75, 3.05) is 51.9 Å². The number of alkyl halides is 1. The molecule has 0 amide bonds. The Balaban J connectivity index is 1.53. The molecular weight excluding hydrogens is 426 g/mol. The minimum absolute atomic E-state index is 0.156. The van der Waals surface area contributed by atoms with E-state index in [1.165, 1.54) is 11.1 Å². The van der Waals surface area contributed by atoms with Crippen LogP contribution >= 0.6 is 11.6 Å². The van der Waals surface area contributed by atoms with Crippen LogP contribution in [0.25, 0.3) is 0 Å². The van der Waals surface area contributed by atoms with Gasteiger partial charge in [0.2, 0.25) is 0 Å². The van der Waals surface area contributed by atoms with Crippen LogP contribution in [0, 0.1) is 5.92 Å². The number of β-amino-alcohol motifs (C(OH)–C–C–N with tert-alkyl or cyclic N) is 1. The maximum absolute atomic E-state index is 10.3. The number of rotatable bonds is 11. The number of halogens is 1. The number of nitrogens with zero attached hydrogens (tertiary/aromatic N) is 1. The predicted octanol–water partition coefficient (Wildman–Crippen LogP) is 4.34. The second-order valence-electron chi connectivity index (χ2n) is 9.12. The van der Waals surface area contributed by atoms with Gasteiger partial charge in [-0.2, -0.15) is 0 Å². The second-order valence-corrected chi connectivity index (χ2v) is 9.43. The summed E-state index contributed by atoms with van der Waals surface area (Å²) in [4.78, 5) is 2.21. The number of benzene rings is 2. The molecule has 0 radical (unpaired) electrons. The van der Waals surface area contributed by atoms with Gasteiger partial charge in [-0.25, -0.2) is 0 Å². The summed E-state index contributed by atoms with van der Waals surface area (Å²) < 4.78 is 17.0. The first-order valence-electron chi connectivity index (χ1n) is 11.4. The molecule has 1 N–H and O–H groups in total. The van der Waals surface area contributed by atoms with Crippen LogP contribution in [0.1, 0.15) is 31.9 Å². The lowest BCUT2D eigenvalue weighted by atomic mass is 9.78. The van der Waals surface area contributed by atoms with Crippen molar-refractivity contribution in [2.24, 2.45) is 5.92 Å². The van der Waals surface area contributed by atoms with Gasteiger partial charge in [0.15, 0.2) is 0 Å². The Morgan fingerprint density at radius 3 is 1.94 bits per heavy atom. The number of aliphatic hydroxyl groups is 1. The highest BCUT2D eigenvalue weighted by Crippen LogP contribution is 2.33. The van der Waals surface area contributed by atoms with Gasteiger partial charge >= 0.3 is 0 Å². The normalized spacial score (nSPS) is 17.0. The van der Waals surface area contributed by atoms with Gasteiger partial charge in [-0.1, -0.05) is 45.0 Å². The molecule has 32 heavy (non-hydrogen) atoms. The molecule has 6 heteroatoms. The molecule has 2 aromatic carbocycles. The van der Waals surface area contributed by atoms with Crippen molar-refractivity contribution in [1.29, 1.82) is 0 Å². The average Bonchev–Trinajstić information content (AvgIpc) is 2.82. The van der Waals surface area contributed by atoms with E-state index in [2.05, 4.69) is 49.9 Å². The summed E-state index contributed by atoms with van der Waals surface area (Å²) in [5.41, 5.74) is 2.25. The molecule has 0 aromatic heterocycles. The number of aliphatic hydroxyl groups excluding tert-OH is 1. The van der Waals surface area contributed by atoms with Crippen LogP contribution in [0.15, 0.2) is 48.5 Å². The van der Waals surface area contributed by atoms with E-state index < -0.39 is 6.10 Å². The van der Waals surface area contributed by atoms with Crippen LogP contribution in [0.2, 0.25) is 0 Å². The first-order valence-corrected chi connectivity index (χ1v) is 11.9. The van der Waals surface area contributed by atoms with E-state index in [0.717, 1.165) is 37.8 Å². The highest BCUT2D eigenvalue weighted by Gasteiger charge is 2.23. The highest BCUT2D eigenvalue weighted by molar-refractivity contribution is 6.18. The summed E-state index contributed by atoms with van der Waals surface area (Å²) in [5.74, 6) is 2.55. The average molecular weight is 462 g/mol. The minimum Gasteiger partial charge on any atom is -0.493 e. The predicted molar refractivity (Wildman–Crippen MR) is 129 cm³/mol. The van der Waals surface area contributed by atoms with Crippen molar-refractivity contribution in [1.82, 2.24) is 4.90 Å². The van der Waals surface area contributed by atoms with Gasteiger partial charge in [0.05, 0.1) is 19.8 Å². The summed E-state index contributed by atoms with van der Waals surface area (Å²) in [6.45, 7) is 11.2. The lowest BCUT2D eigenvalue weighted by Gasteiger charge is -2.28. The van der Waals surface area contributed by atoms with Gasteiger partial charge in [0.25, 0.3) is 0 Å². The Kier molecular flexibility index (Phi) is 9.23. The van der Waals surface area contributed by atoms with Crippen molar-refractivity contribution in [3.63, 3.8) is 0 Å². The molecule has 2 atom stereocenters. The molecular formula is C26H36ClNO4. The molecule has 1 aliphatic rings. The summed E-state index contributed by atoms with van der Waals surface area (Å²) in [6.07, 6.45) is -0.516. The fraction of sp³-hybridized carbons (Fsp3) is 0.538. The molecule has 0 aliphatic carbocycles. The lowest BCUT2D eigenvalue weighted by Crippen LogP contribution is -2.42. The third-order valence-corrected chi connectivity index (χ3v) is 6.49. The van der Waals surface area contributed by atoms with E-state index in [9.17, 15) is 5.11 Å². The standard InChI is InChI=1S/C26H36ClNO4/c1-20(16-27)18-31-24-8-4-21(5-9-24)26(2,3)22-6-10-25(11-7-22)32-19-23(29)17-28-12-14-30-15-13-28/h4-11,20,23,29H,12-19H2,1-3H3/t20-,23+/m1/s1. The molecule has 3 rings (SSSR count). The highest BCUT2D eigenvalue weighted by atomic mass is 35.5. The van der Waals surface area contributed by atoms with Gasteiger partial charge in [0, 0.05) is 36.8 Å². The number of ether oxygens (including phenoxy) is 3. The first-order chi connectivity index (χ1) is 15.4. The molecule has 1 saturated heterocycles. The molecule has 1 heterocycles. The maximum atomic E-state index is 10.3. The second kappa shape index (κ2) is 11.9. The molecule has 0 spiro atoms. The van der Waals surface area contributed by atoms with Crippen molar-refractivity contribution in [3.8, 4) is 11.5 Å². The summed E-state index contributed by atoms with van der Waals surface area (Å²) in [6, 6.07) is 16.4. The first kappa shape index (κ1) is 24.8. The number of hydrogen-bond acceptors (Lipinski definition) is 5. The molecule has 0 unspecified atom stereocenters. The van der Waals surface area contributed by atoms with Crippen LogP contribution in [0.5, 0.6) is 11.5 Å². The Bertz CT molecular complexity index is 804. The van der Waals surface area contributed by atoms with Crippen molar-refractivity contribution >= 4 is 11.6 Å². The molecule has 1 fully saturated rings. The zero-order valence-corrected chi connectivity index (χ0v) is 20.2. The van der Waals surface area contributed by atoms with E-state index in [4.69, 9.17) is 25.8 Å². The third kappa shape index (κ3) is 7.11. The fourth-order valence-electron chi connectivity index (χ4n) is 3.71. The van der Waals surface area contributed by atoms with Gasteiger partial charge in [0.1, 0.15) is 24.2 Å². The van der Waals surface area contributed by atoms with Crippen LogP contribution in [-0.2, 0) is 10.2 Å². The van der Waals surface area contributed by atoms with Crippen LogP contribution in [0.3, 0.4) is 0 Å². The van der Waals surface area contributed by atoms with Crippen molar-refractivity contribution in [2.45, 2.75) is 32.3 Å². The Morgan fingerprint density at radius 1 is 0.938 bits per heavy atom. The van der Waals surface area contributed by atoms with E-state index in [-0.39, 0.29) is 12.0 Å². The molecule has 0 bridgehead atoms. The molecule has 2 aromatic rings. The van der Waals surface area contributed by atoms with Crippen LogP contribution in [0.4, 0.5) is 0 Å². The maximum Gasteiger partial charge on any atom is 0.119 e. The number of morpholine rings is 1. The van der Waals surface area contributed by atoms with Gasteiger partial charge in [-0.15, -0.1) is 11.6 Å².